The minimum Gasteiger partial charge on any atom is -0.444 e. The summed E-state index contributed by atoms with van der Waals surface area (Å²) in [6.45, 7) is 6.95. The fourth-order valence-electron chi connectivity index (χ4n) is 3.22. The third kappa shape index (κ3) is 7.42. The van der Waals surface area contributed by atoms with Crippen LogP contribution in [0.3, 0.4) is 0 Å². The second kappa shape index (κ2) is 11.2. The number of halogens is 5. The van der Waals surface area contributed by atoms with Gasteiger partial charge in [0.2, 0.25) is 11.6 Å². The van der Waals surface area contributed by atoms with Crippen LogP contribution in [0.1, 0.15) is 27.2 Å². The van der Waals surface area contributed by atoms with Crippen molar-refractivity contribution in [1.29, 1.82) is 0 Å². The Morgan fingerprint density at radius 1 is 1.11 bits per heavy atom. The van der Waals surface area contributed by atoms with Crippen LogP contribution in [-0.4, -0.2) is 36.3 Å². The van der Waals surface area contributed by atoms with Gasteiger partial charge >= 0.3 is 11.8 Å². The monoisotopic (exact) mass is 504 g/mol. The first kappa shape index (κ1) is 27.6. The summed E-state index contributed by atoms with van der Waals surface area (Å²) < 4.78 is 69.6. The molecule has 2 aromatic carbocycles. The van der Waals surface area contributed by atoms with Gasteiger partial charge in [-0.2, -0.15) is 4.39 Å². The molecule has 2 aromatic rings. The molecule has 1 amide bonds. The second-order valence-corrected chi connectivity index (χ2v) is 8.74. The van der Waals surface area contributed by atoms with Crippen molar-refractivity contribution >= 4 is 23.2 Å². The van der Waals surface area contributed by atoms with E-state index in [2.05, 4.69) is 5.32 Å². The van der Waals surface area contributed by atoms with E-state index >= 15 is 0 Å². The molecule has 1 fully saturated rings. The van der Waals surface area contributed by atoms with Crippen molar-refractivity contribution in [3.8, 4) is 0 Å². The molecule has 8 nitrogen and oxygen atoms in total. The van der Waals surface area contributed by atoms with Gasteiger partial charge in [-0.25, -0.2) is 22.4 Å². The first-order chi connectivity index (χ1) is 16.2. The molecule has 0 radical (unpaired) electrons. The Morgan fingerprint density at radius 3 is 2.37 bits per heavy atom. The number of benzene rings is 2. The van der Waals surface area contributed by atoms with Gasteiger partial charge in [-0.05, 0) is 51.3 Å². The van der Waals surface area contributed by atoms with Gasteiger partial charge in [0.05, 0.1) is 16.3 Å². The summed E-state index contributed by atoms with van der Waals surface area (Å²) in [6.07, 6.45) is 0.307. The zero-order valence-electron chi connectivity index (χ0n) is 19.2. The maximum atomic E-state index is 14.0. The molecule has 1 atom stereocenters. The predicted octanol–water partition coefficient (Wildman–Crippen LogP) is 4.91. The molecule has 1 saturated heterocycles. The summed E-state index contributed by atoms with van der Waals surface area (Å²) in [5.74, 6) is -6.84. The highest BCUT2D eigenvalue weighted by Crippen LogP contribution is 2.29. The number of carbonyl (C=O) groups excluding carboxylic acids is 1. The Labute approximate surface area is 198 Å². The van der Waals surface area contributed by atoms with E-state index in [-0.39, 0.29) is 17.3 Å². The molecule has 0 aromatic heterocycles. The number of carbonyl (C=O) groups is 1. The zero-order chi connectivity index (χ0) is 26.5. The van der Waals surface area contributed by atoms with E-state index in [0.29, 0.717) is 31.8 Å². The molecule has 192 valence electrons. The number of ether oxygens (including phenoxy) is 1. The van der Waals surface area contributed by atoms with Gasteiger partial charge in [-0.1, -0.05) is 0 Å². The summed E-state index contributed by atoms with van der Waals surface area (Å²) in [5.41, 5.74) is 3.74. The van der Waals surface area contributed by atoms with Crippen molar-refractivity contribution < 1.29 is 36.4 Å². The van der Waals surface area contributed by atoms with Gasteiger partial charge in [0.1, 0.15) is 5.60 Å². The van der Waals surface area contributed by atoms with Crippen molar-refractivity contribution in [2.75, 3.05) is 30.3 Å². The molecular weight excluding hydrogens is 479 g/mol. The smallest absolute Gasteiger partial charge is 0.407 e. The maximum absolute atomic E-state index is 14.0. The molecule has 3 N–H and O–H groups in total. The van der Waals surface area contributed by atoms with E-state index in [1.54, 1.807) is 25.7 Å². The number of anilines is 2. The molecule has 1 aliphatic rings. The van der Waals surface area contributed by atoms with E-state index in [1.165, 1.54) is 12.1 Å². The molecule has 1 unspecified atom stereocenters. The molecule has 0 aliphatic carbocycles. The van der Waals surface area contributed by atoms with Gasteiger partial charge in [0.25, 0.3) is 0 Å². The average Bonchev–Trinajstić information content (AvgIpc) is 3.22. The number of hydrogen-bond donors (Lipinski definition) is 2. The molecular formula is C22H25F5N4O4. The lowest BCUT2D eigenvalue weighted by Crippen LogP contribution is -2.36. The SMILES string of the molecule is CC(C)(C)OC(=O)NCC1CCN(c2ccc(N)c(F)c2F)C1.O=[N+]([O-])c1ccc(F)c(F)c1F. The number of nitro groups is 1. The lowest BCUT2D eigenvalue weighted by atomic mass is 10.1. The Morgan fingerprint density at radius 2 is 1.77 bits per heavy atom. The Kier molecular flexibility index (Phi) is 8.83. The number of hydrogen-bond acceptors (Lipinski definition) is 6. The van der Waals surface area contributed by atoms with Gasteiger partial charge < -0.3 is 20.7 Å². The number of rotatable bonds is 4. The summed E-state index contributed by atoms with van der Waals surface area (Å²) in [4.78, 5) is 22.2. The topological polar surface area (TPSA) is 111 Å². The molecule has 0 spiro atoms. The van der Waals surface area contributed by atoms with Crippen LogP contribution in [-0.2, 0) is 4.74 Å². The van der Waals surface area contributed by atoms with Crippen LogP contribution < -0.4 is 16.0 Å². The lowest BCUT2D eigenvalue weighted by Gasteiger charge is -2.21. The molecule has 35 heavy (non-hydrogen) atoms. The first-order valence-electron chi connectivity index (χ1n) is 10.4. The highest BCUT2D eigenvalue weighted by Gasteiger charge is 2.27. The van der Waals surface area contributed by atoms with Crippen molar-refractivity contribution in [3.05, 3.63) is 63.5 Å². The number of nitrogen functional groups attached to an aromatic ring is 1. The van der Waals surface area contributed by atoms with E-state index in [9.17, 15) is 36.9 Å². The number of nitro benzene ring substituents is 1. The van der Waals surface area contributed by atoms with Crippen molar-refractivity contribution in [2.24, 2.45) is 5.92 Å². The summed E-state index contributed by atoms with van der Waals surface area (Å²) >= 11 is 0. The van der Waals surface area contributed by atoms with Crippen LogP contribution in [0.25, 0.3) is 0 Å². The van der Waals surface area contributed by atoms with Crippen LogP contribution in [0, 0.1) is 45.1 Å². The van der Waals surface area contributed by atoms with E-state index in [0.717, 1.165) is 6.42 Å². The largest absolute Gasteiger partial charge is 0.444 e. The van der Waals surface area contributed by atoms with Crippen LogP contribution in [0.4, 0.5) is 43.8 Å². The maximum Gasteiger partial charge on any atom is 0.407 e. The van der Waals surface area contributed by atoms with Crippen molar-refractivity contribution in [2.45, 2.75) is 32.8 Å². The quantitative estimate of drug-likeness (QED) is 0.201. The molecule has 1 aliphatic heterocycles. The molecule has 3 rings (SSSR count). The third-order valence-corrected chi connectivity index (χ3v) is 4.86. The normalized spacial score (nSPS) is 15.3. The number of alkyl carbamates (subject to hydrolysis) is 1. The number of nitrogens with one attached hydrogen (secondary N) is 1. The number of amides is 1. The summed E-state index contributed by atoms with van der Waals surface area (Å²) in [5, 5.41) is 12.7. The Balaban J connectivity index is 0.000000303. The first-order valence-corrected chi connectivity index (χ1v) is 10.4. The summed E-state index contributed by atoms with van der Waals surface area (Å²) in [7, 11) is 0. The second-order valence-electron chi connectivity index (χ2n) is 8.74. The van der Waals surface area contributed by atoms with Crippen LogP contribution in [0.2, 0.25) is 0 Å². The predicted molar refractivity (Wildman–Crippen MR) is 118 cm³/mol. The highest BCUT2D eigenvalue weighted by atomic mass is 19.2. The minimum atomic E-state index is -1.83. The van der Waals surface area contributed by atoms with Crippen LogP contribution in [0.15, 0.2) is 24.3 Å². The highest BCUT2D eigenvalue weighted by molar-refractivity contribution is 5.67. The molecule has 0 saturated carbocycles. The summed E-state index contributed by atoms with van der Waals surface area (Å²) in [6, 6.07) is 3.90. The number of nitrogens with two attached hydrogens (primary N) is 1. The van der Waals surface area contributed by atoms with Gasteiger partial charge in [-0.3, -0.25) is 10.1 Å². The van der Waals surface area contributed by atoms with E-state index in [1.807, 2.05) is 0 Å². The fraction of sp³-hybridized carbons (Fsp3) is 0.409. The Bertz CT molecular complexity index is 1090. The van der Waals surface area contributed by atoms with E-state index < -0.39 is 51.4 Å². The zero-order valence-corrected chi connectivity index (χ0v) is 19.2. The fourth-order valence-corrected chi connectivity index (χ4v) is 3.22. The molecule has 0 bridgehead atoms. The lowest BCUT2D eigenvalue weighted by molar-refractivity contribution is -0.387. The Hall–Kier alpha value is -3.64. The van der Waals surface area contributed by atoms with Crippen LogP contribution >= 0.6 is 0 Å². The van der Waals surface area contributed by atoms with E-state index in [4.69, 9.17) is 10.5 Å². The van der Waals surface area contributed by atoms with Crippen LogP contribution in [0.5, 0.6) is 0 Å². The third-order valence-electron chi connectivity index (χ3n) is 4.86. The number of nitrogens with zero attached hydrogens (tertiary/aromatic N) is 2. The van der Waals surface area contributed by atoms with Gasteiger partial charge in [0, 0.05) is 25.7 Å². The average molecular weight is 504 g/mol. The van der Waals surface area contributed by atoms with Gasteiger partial charge in [0.15, 0.2) is 17.5 Å². The van der Waals surface area contributed by atoms with Crippen molar-refractivity contribution in [3.63, 3.8) is 0 Å². The minimum absolute atomic E-state index is 0.155. The standard InChI is InChI=1S/C16H23F2N3O2.C6H2F3NO2/c1-16(2,3)23-15(22)20-8-10-6-7-21(9-10)12-5-4-11(19)13(17)14(12)18;7-3-1-2-4(10(11)12)6(9)5(3)8/h4-5,10H,6-9,19H2,1-3H3,(H,20,22);1-2H. The molecule has 13 heteroatoms. The van der Waals surface area contributed by atoms with Crippen molar-refractivity contribution in [1.82, 2.24) is 5.32 Å². The molecule has 1 heterocycles. The van der Waals surface area contributed by atoms with Gasteiger partial charge in [-0.15, -0.1) is 0 Å².